The van der Waals surface area contributed by atoms with E-state index in [0.717, 1.165) is 0 Å². The van der Waals surface area contributed by atoms with Gasteiger partial charge in [0.15, 0.2) is 0 Å². The van der Waals surface area contributed by atoms with Crippen LogP contribution < -0.4 is 0 Å². The van der Waals surface area contributed by atoms with Crippen molar-refractivity contribution in [3.8, 4) is 0 Å². The van der Waals surface area contributed by atoms with E-state index in [1.165, 1.54) is 12.1 Å². The molecule has 0 aromatic heterocycles. The number of aliphatic imine (C=N–C) groups is 1. The Hall–Kier alpha value is -1.60. The van der Waals surface area contributed by atoms with Gasteiger partial charge in [-0.15, -0.1) is 0 Å². The van der Waals surface area contributed by atoms with Crippen molar-refractivity contribution >= 4 is 5.71 Å². The summed E-state index contributed by atoms with van der Waals surface area (Å²) in [7, 11) is 0. The molecule has 0 saturated heterocycles. The van der Waals surface area contributed by atoms with Crippen LogP contribution >= 0.6 is 0 Å². The number of hydrogen-bond donors (Lipinski definition) is 0. The van der Waals surface area contributed by atoms with Crippen molar-refractivity contribution in [1.29, 1.82) is 0 Å². The van der Waals surface area contributed by atoms with E-state index in [4.69, 9.17) is 0 Å². The molecule has 0 spiro atoms. The van der Waals surface area contributed by atoms with Gasteiger partial charge in [0.2, 0.25) is 0 Å². The van der Waals surface area contributed by atoms with Gasteiger partial charge in [-0.05, 0) is 12.5 Å². The Labute approximate surface area is 110 Å². The van der Waals surface area contributed by atoms with Gasteiger partial charge >= 0.3 is 18.0 Å². The van der Waals surface area contributed by atoms with Crippen LogP contribution in [0.25, 0.3) is 0 Å². The van der Waals surface area contributed by atoms with Crippen molar-refractivity contribution in [3.05, 3.63) is 35.9 Å². The van der Waals surface area contributed by atoms with Crippen molar-refractivity contribution in [2.75, 3.05) is 0 Å². The summed E-state index contributed by atoms with van der Waals surface area (Å²) in [5.74, 6) is -11.6. The summed E-state index contributed by atoms with van der Waals surface area (Å²) in [4.78, 5) is 3.13. The van der Waals surface area contributed by atoms with Crippen molar-refractivity contribution in [2.45, 2.75) is 31.5 Å². The summed E-state index contributed by atoms with van der Waals surface area (Å²) in [6, 6.07) is 7.71. The van der Waals surface area contributed by atoms with Gasteiger partial charge in [-0.1, -0.05) is 30.3 Å². The first-order chi connectivity index (χ1) is 9.00. The minimum Gasteiger partial charge on any atom is -0.283 e. The van der Waals surface area contributed by atoms with E-state index < -0.39 is 30.3 Å². The van der Waals surface area contributed by atoms with E-state index >= 15 is 0 Å². The number of hydrogen-bond acceptors (Lipinski definition) is 1. The van der Waals surface area contributed by atoms with Crippen LogP contribution in [0.2, 0.25) is 0 Å². The Morgan fingerprint density at radius 3 is 1.90 bits per heavy atom. The molecule has 0 unspecified atom stereocenters. The minimum atomic E-state index is -6.35. The molecule has 0 fully saturated rings. The third-order valence-corrected chi connectivity index (χ3v) is 2.55. The second-order valence-corrected chi connectivity index (χ2v) is 4.03. The third-order valence-electron chi connectivity index (χ3n) is 2.55. The first-order valence-corrected chi connectivity index (χ1v) is 5.38. The molecule has 0 amide bonds. The average Bonchev–Trinajstić information content (AvgIpc) is 2.35. The normalized spacial score (nSPS) is 14.5. The SMILES string of the molecule is CC(=NCc1ccccc1)C(F)(F)C(F)(F)C(F)(F)F. The van der Waals surface area contributed by atoms with Crippen LogP contribution in [0, 0.1) is 0 Å². The molecule has 1 aromatic rings. The highest BCUT2D eigenvalue weighted by atomic mass is 19.4. The molecule has 112 valence electrons. The van der Waals surface area contributed by atoms with Gasteiger partial charge in [-0.25, -0.2) is 0 Å². The van der Waals surface area contributed by atoms with Crippen LogP contribution in [0.1, 0.15) is 12.5 Å². The molecule has 0 heterocycles. The van der Waals surface area contributed by atoms with Gasteiger partial charge < -0.3 is 0 Å². The lowest BCUT2D eigenvalue weighted by molar-refractivity contribution is -0.336. The lowest BCUT2D eigenvalue weighted by Crippen LogP contribution is -2.55. The van der Waals surface area contributed by atoms with Crippen LogP contribution in [-0.4, -0.2) is 23.7 Å². The topological polar surface area (TPSA) is 12.4 Å². The predicted octanol–water partition coefficient (Wildman–Crippen LogP) is 4.48. The molecular formula is C12H10F7N. The molecule has 0 atom stereocenters. The fraction of sp³-hybridized carbons (Fsp3) is 0.417. The van der Waals surface area contributed by atoms with Crippen LogP contribution in [0.3, 0.4) is 0 Å². The number of halogens is 7. The minimum absolute atomic E-state index is 0.407. The standard InChI is InChI=1S/C12H10F7N/c1-8(20-7-9-5-3-2-4-6-9)10(13,14)11(15,16)12(17,18)19/h2-6H,7H2,1H3. The number of nitrogens with zero attached hydrogens (tertiary/aromatic N) is 1. The number of rotatable bonds is 4. The van der Waals surface area contributed by atoms with E-state index in [1.807, 2.05) is 0 Å². The van der Waals surface area contributed by atoms with E-state index in [1.54, 1.807) is 18.2 Å². The number of benzene rings is 1. The molecule has 0 radical (unpaired) electrons. The second-order valence-electron chi connectivity index (χ2n) is 4.03. The maximum Gasteiger partial charge on any atom is 0.460 e. The highest BCUT2D eigenvalue weighted by Gasteiger charge is 2.74. The van der Waals surface area contributed by atoms with Gasteiger partial charge in [0, 0.05) is 0 Å². The zero-order valence-corrected chi connectivity index (χ0v) is 10.2. The highest BCUT2D eigenvalue weighted by Crippen LogP contribution is 2.47. The van der Waals surface area contributed by atoms with Crippen LogP contribution in [0.5, 0.6) is 0 Å². The monoisotopic (exact) mass is 301 g/mol. The first kappa shape index (κ1) is 16.5. The summed E-state index contributed by atoms with van der Waals surface area (Å²) < 4.78 is 87.7. The zero-order chi connectivity index (χ0) is 15.6. The van der Waals surface area contributed by atoms with Gasteiger partial charge in [-0.3, -0.25) is 4.99 Å². The zero-order valence-electron chi connectivity index (χ0n) is 10.2. The van der Waals surface area contributed by atoms with E-state index in [-0.39, 0.29) is 0 Å². The molecule has 1 nitrogen and oxygen atoms in total. The molecule has 0 bridgehead atoms. The molecule has 8 heteroatoms. The van der Waals surface area contributed by atoms with Gasteiger partial charge in [-0.2, -0.15) is 30.7 Å². The quantitative estimate of drug-likeness (QED) is 0.574. The lowest BCUT2D eigenvalue weighted by Gasteiger charge is -2.28. The van der Waals surface area contributed by atoms with Crippen LogP contribution in [-0.2, 0) is 6.54 Å². The molecule has 0 saturated carbocycles. The summed E-state index contributed by atoms with van der Waals surface area (Å²) in [6.07, 6.45) is -6.35. The maximum atomic E-state index is 13.2. The Balaban J connectivity index is 2.97. The fourth-order valence-electron chi connectivity index (χ4n) is 1.30. The Bertz CT molecular complexity index is 476. The van der Waals surface area contributed by atoms with Gasteiger partial charge in [0.1, 0.15) is 0 Å². The smallest absolute Gasteiger partial charge is 0.283 e. The maximum absolute atomic E-state index is 13.2. The summed E-state index contributed by atoms with van der Waals surface area (Å²) >= 11 is 0. The molecule has 0 aliphatic rings. The summed E-state index contributed by atoms with van der Waals surface area (Å²) in [5.41, 5.74) is -1.15. The van der Waals surface area contributed by atoms with E-state index in [9.17, 15) is 30.7 Å². The van der Waals surface area contributed by atoms with Crippen molar-refractivity contribution in [3.63, 3.8) is 0 Å². The highest BCUT2D eigenvalue weighted by molar-refractivity contribution is 5.90. The summed E-state index contributed by atoms with van der Waals surface area (Å²) in [6.45, 7) is 0.0405. The second kappa shape index (κ2) is 5.41. The molecule has 0 aliphatic carbocycles. The average molecular weight is 301 g/mol. The lowest BCUT2D eigenvalue weighted by atomic mass is 10.1. The Kier molecular flexibility index (Phi) is 4.45. The van der Waals surface area contributed by atoms with Crippen molar-refractivity contribution in [1.82, 2.24) is 0 Å². The molecule has 0 aliphatic heterocycles. The molecule has 1 aromatic carbocycles. The fourth-order valence-corrected chi connectivity index (χ4v) is 1.30. The molecular weight excluding hydrogens is 291 g/mol. The number of alkyl halides is 7. The van der Waals surface area contributed by atoms with Crippen LogP contribution in [0.15, 0.2) is 35.3 Å². The molecule has 1 rings (SSSR count). The third kappa shape index (κ3) is 3.10. The molecule has 20 heavy (non-hydrogen) atoms. The predicted molar refractivity (Wildman–Crippen MR) is 59.2 cm³/mol. The van der Waals surface area contributed by atoms with E-state index in [2.05, 4.69) is 4.99 Å². The van der Waals surface area contributed by atoms with Gasteiger partial charge in [0.05, 0.1) is 12.3 Å². The van der Waals surface area contributed by atoms with Gasteiger partial charge in [0.25, 0.3) is 0 Å². The summed E-state index contributed by atoms with van der Waals surface area (Å²) in [5, 5.41) is 0. The van der Waals surface area contributed by atoms with Crippen LogP contribution in [0.4, 0.5) is 30.7 Å². The van der Waals surface area contributed by atoms with Crippen molar-refractivity contribution < 1.29 is 30.7 Å². The van der Waals surface area contributed by atoms with E-state index in [0.29, 0.717) is 12.5 Å². The largest absolute Gasteiger partial charge is 0.460 e. The first-order valence-electron chi connectivity index (χ1n) is 5.38. The Morgan fingerprint density at radius 2 is 1.45 bits per heavy atom. The van der Waals surface area contributed by atoms with Crippen molar-refractivity contribution in [2.24, 2.45) is 4.99 Å². The molecule has 0 N–H and O–H groups in total. The Morgan fingerprint density at radius 1 is 0.950 bits per heavy atom.